The van der Waals surface area contributed by atoms with Crippen molar-refractivity contribution in [2.24, 2.45) is 0 Å². The molecule has 0 saturated heterocycles. The molecule has 0 spiro atoms. The van der Waals surface area contributed by atoms with Gasteiger partial charge in [-0.1, -0.05) is 18.2 Å². The maximum Gasteiger partial charge on any atom is 0.187 e. The Bertz CT molecular complexity index is 789. The van der Waals surface area contributed by atoms with Gasteiger partial charge in [0.15, 0.2) is 5.82 Å². The van der Waals surface area contributed by atoms with Crippen LogP contribution in [0, 0.1) is 13.8 Å². The van der Waals surface area contributed by atoms with Gasteiger partial charge in [0.1, 0.15) is 0 Å². The van der Waals surface area contributed by atoms with Gasteiger partial charge >= 0.3 is 0 Å². The van der Waals surface area contributed by atoms with Gasteiger partial charge in [-0.05, 0) is 69.5 Å². The van der Waals surface area contributed by atoms with E-state index in [2.05, 4.69) is 31.5 Å². The zero-order valence-corrected chi connectivity index (χ0v) is 13.3. The average Bonchev–Trinajstić information content (AvgIpc) is 2.91. The van der Waals surface area contributed by atoms with Crippen molar-refractivity contribution < 1.29 is 0 Å². The van der Waals surface area contributed by atoms with Crippen LogP contribution in [0.5, 0.6) is 0 Å². The minimum Gasteiger partial charge on any atom is -0.398 e. The van der Waals surface area contributed by atoms with Crippen molar-refractivity contribution in [3.63, 3.8) is 0 Å². The minimum atomic E-state index is 0.656. The van der Waals surface area contributed by atoms with E-state index in [1.54, 1.807) is 4.68 Å². The van der Waals surface area contributed by atoms with Crippen LogP contribution in [0.4, 0.5) is 5.69 Å². The Morgan fingerprint density at radius 1 is 1.10 bits per heavy atom. The second-order valence-electron chi connectivity index (χ2n) is 4.89. The third kappa shape index (κ3) is 2.42. The topological polar surface area (TPSA) is 69.6 Å². The summed E-state index contributed by atoms with van der Waals surface area (Å²) in [5.41, 5.74) is 10.7. The highest BCUT2D eigenvalue weighted by molar-refractivity contribution is 9.10. The molecule has 6 heteroatoms. The third-order valence-corrected chi connectivity index (χ3v) is 4.10. The average molecular weight is 344 g/mol. The van der Waals surface area contributed by atoms with E-state index < -0.39 is 0 Å². The summed E-state index contributed by atoms with van der Waals surface area (Å²) in [4.78, 5) is 0. The van der Waals surface area contributed by atoms with Gasteiger partial charge in [0.25, 0.3) is 0 Å². The zero-order chi connectivity index (χ0) is 15.0. The molecule has 0 fully saturated rings. The fourth-order valence-corrected chi connectivity index (χ4v) is 2.59. The molecule has 106 valence electrons. The summed E-state index contributed by atoms with van der Waals surface area (Å²) < 4.78 is 2.62. The van der Waals surface area contributed by atoms with Crippen LogP contribution in [0.25, 0.3) is 17.1 Å². The lowest BCUT2D eigenvalue weighted by molar-refractivity contribution is 0.783. The molecule has 3 aromatic rings. The number of benzene rings is 2. The maximum absolute atomic E-state index is 5.95. The largest absolute Gasteiger partial charge is 0.398 e. The van der Waals surface area contributed by atoms with Gasteiger partial charge in [0.2, 0.25) is 0 Å². The SMILES string of the molecule is Cc1cccc(C)c1-n1nnnc1-c1ccc(Br)c(N)c1. The van der Waals surface area contributed by atoms with Crippen LogP contribution >= 0.6 is 15.9 Å². The molecule has 5 nitrogen and oxygen atoms in total. The Kier molecular flexibility index (Phi) is 3.47. The standard InChI is InChI=1S/C15H14BrN5/c1-9-4-3-5-10(2)14(9)21-15(18-19-20-21)11-6-7-12(16)13(17)8-11/h3-8H,17H2,1-2H3. The van der Waals surface area contributed by atoms with E-state index in [9.17, 15) is 0 Å². The Morgan fingerprint density at radius 2 is 1.81 bits per heavy atom. The molecular weight excluding hydrogens is 330 g/mol. The van der Waals surface area contributed by atoms with Crippen molar-refractivity contribution in [3.8, 4) is 17.1 Å². The van der Waals surface area contributed by atoms with Gasteiger partial charge in [-0.3, -0.25) is 0 Å². The van der Waals surface area contributed by atoms with Gasteiger partial charge in [-0.15, -0.1) is 5.10 Å². The number of halogens is 1. The smallest absolute Gasteiger partial charge is 0.187 e. The number of aromatic nitrogens is 4. The lowest BCUT2D eigenvalue weighted by atomic mass is 10.1. The summed E-state index contributed by atoms with van der Waals surface area (Å²) in [6.45, 7) is 4.09. The molecule has 1 heterocycles. The number of nitrogen functional groups attached to an aromatic ring is 1. The first-order chi connectivity index (χ1) is 10.1. The number of rotatable bonds is 2. The third-order valence-electron chi connectivity index (χ3n) is 3.38. The van der Waals surface area contributed by atoms with Crippen LogP contribution in [0.1, 0.15) is 11.1 Å². The monoisotopic (exact) mass is 343 g/mol. The molecule has 2 N–H and O–H groups in total. The predicted octanol–water partition coefficient (Wildman–Crippen LogP) is 3.29. The van der Waals surface area contributed by atoms with Crippen LogP contribution < -0.4 is 5.73 Å². The molecule has 0 aliphatic carbocycles. The molecule has 0 aliphatic heterocycles. The molecule has 0 bridgehead atoms. The van der Waals surface area contributed by atoms with E-state index in [0.29, 0.717) is 11.5 Å². The van der Waals surface area contributed by atoms with E-state index >= 15 is 0 Å². The first-order valence-corrected chi connectivity index (χ1v) is 7.27. The second-order valence-corrected chi connectivity index (χ2v) is 5.75. The number of nitrogens with zero attached hydrogens (tertiary/aromatic N) is 4. The van der Waals surface area contributed by atoms with Gasteiger partial charge in [0.05, 0.1) is 5.69 Å². The molecule has 0 amide bonds. The predicted molar refractivity (Wildman–Crippen MR) is 86.2 cm³/mol. The lowest BCUT2D eigenvalue weighted by Gasteiger charge is -2.11. The number of tetrazole rings is 1. The molecule has 2 aromatic carbocycles. The lowest BCUT2D eigenvalue weighted by Crippen LogP contribution is -2.04. The highest BCUT2D eigenvalue weighted by Crippen LogP contribution is 2.28. The summed E-state index contributed by atoms with van der Waals surface area (Å²) in [7, 11) is 0. The van der Waals surface area contributed by atoms with E-state index in [0.717, 1.165) is 26.9 Å². The molecule has 0 radical (unpaired) electrons. The van der Waals surface area contributed by atoms with Crippen molar-refractivity contribution in [1.82, 2.24) is 20.2 Å². The normalized spacial score (nSPS) is 10.8. The minimum absolute atomic E-state index is 0.656. The van der Waals surface area contributed by atoms with E-state index in [4.69, 9.17) is 5.73 Å². The van der Waals surface area contributed by atoms with Crippen molar-refractivity contribution in [2.75, 3.05) is 5.73 Å². The van der Waals surface area contributed by atoms with E-state index in [1.165, 1.54) is 0 Å². The van der Waals surface area contributed by atoms with E-state index in [1.807, 2.05) is 50.2 Å². The summed E-state index contributed by atoms with van der Waals surface area (Å²) in [5.74, 6) is 0.673. The number of aryl methyl sites for hydroxylation is 2. The highest BCUT2D eigenvalue weighted by Gasteiger charge is 2.15. The van der Waals surface area contributed by atoms with Crippen molar-refractivity contribution >= 4 is 21.6 Å². The Hall–Kier alpha value is -2.21. The molecule has 21 heavy (non-hydrogen) atoms. The molecule has 0 unspecified atom stereocenters. The molecule has 1 aromatic heterocycles. The molecule has 0 saturated carbocycles. The second kappa shape index (κ2) is 5.29. The number of para-hydroxylation sites is 1. The highest BCUT2D eigenvalue weighted by atomic mass is 79.9. The van der Waals surface area contributed by atoms with Crippen LogP contribution in [0.2, 0.25) is 0 Å². The first kappa shape index (κ1) is 13.8. The van der Waals surface area contributed by atoms with Crippen molar-refractivity contribution in [2.45, 2.75) is 13.8 Å². The fraction of sp³-hybridized carbons (Fsp3) is 0.133. The first-order valence-electron chi connectivity index (χ1n) is 6.48. The molecule has 0 aliphatic rings. The molecular formula is C15H14BrN5. The quantitative estimate of drug-likeness (QED) is 0.725. The number of nitrogens with two attached hydrogens (primary N) is 1. The van der Waals surface area contributed by atoms with Crippen LogP contribution in [-0.2, 0) is 0 Å². The zero-order valence-electron chi connectivity index (χ0n) is 11.7. The van der Waals surface area contributed by atoms with E-state index in [-0.39, 0.29) is 0 Å². The van der Waals surface area contributed by atoms with Gasteiger partial charge in [0, 0.05) is 15.7 Å². The number of hydrogen-bond donors (Lipinski definition) is 1. The van der Waals surface area contributed by atoms with Crippen LogP contribution in [0.15, 0.2) is 40.9 Å². The Balaban J connectivity index is 2.20. The Labute approximate surface area is 130 Å². The van der Waals surface area contributed by atoms with Crippen LogP contribution in [-0.4, -0.2) is 20.2 Å². The number of hydrogen-bond acceptors (Lipinski definition) is 4. The summed E-state index contributed by atoms with van der Waals surface area (Å²) in [6, 6.07) is 11.8. The fourth-order valence-electron chi connectivity index (χ4n) is 2.34. The maximum atomic E-state index is 5.95. The van der Waals surface area contributed by atoms with Gasteiger partial charge in [-0.25, -0.2) is 0 Å². The Morgan fingerprint density at radius 3 is 2.48 bits per heavy atom. The van der Waals surface area contributed by atoms with Gasteiger partial charge < -0.3 is 5.73 Å². The van der Waals surface area contributed by atoms with Crippen molar-refractivity contribution in [3.05, 3.63) is 52.0 Å². The summed E-state index contributed by atoms with van der Waals surface area (Å²) in [6.07, 6.45) is 0. The summed E-state index contributed by atoms with van der Waals surface area (Å²) in [5, 5.41) is 12.1. The van der Waals surface area contributed by atoms with Crippen molar-refractivity contribution in [1.29, 1.82) is 0 Å². The molecule has 0 atom stereocenters. The summed E-state index contributed by atoms with van der Waals surface area (Å²) >= 11 is 3.40. The van der Waals surface area contributed by atoms with Gasteiger partial charge in [-0.2, -0.15) is 4.68 Å². The van der Waals surface area contributed by atoms with Crippen LogP contribution in [0.3, 0.4) is 0 Å². The molecule has 3 rings (SSSR count). The number of anilines is 1.